The lowest BCUT2D eigenvalue weighted by Crippen LogP contribution is -2.42. The SMILES string of the molecule is O=C(NC1CCOCC1)C1CCCn2c(-c3cnccn3)nnc21. The van der Waals surface area contributed by atoms with E-state index in [1.165, 1.54) is 0 Å². The summed E-state index contributed by atoms with van der Waals surface area (Å²) in [6.07, 6.45) is 8.39. The third kappa shape index (κ3) is 2.89. The van der Waals surface area contributed by atoms with Gasteiger partial charge in [-0.3, -0.25) is 9.78 Å². The highest BCUT2D eigenvalue weighted by Gasteiger charge is 2.32. The Bertz CT molecular complexity index is 711. The fourth-order valence-electron chi connectivity index (χ4n) is 3.37. The molecule has 1 unspecified atom stereocenters. The monoisotopic (exact) mass is 328 g/mol. The van der Waals surface area contributed by atoms with Crippen molar-refractivity contribution in [2.24, 2.45) is 0 Å². The number of ether oxygens (including phenoxy) is 1. The Morgan fingerprint density at radius 1 is 1.21 bits per heavy atom. The van der Waals surface area contributed by atoms with Gasteiger partial charge in [0, 0.05) is 38.2 Å². The number of fused-ring (bicyclic) bond motifs is 1. The van der Waals surface area contributed by atoms with Crippen LogP contribution in [0, 0.1) is 0 Å². The summed E-state index contributed by atoms with van der Waals surface area (Å²) in [6, 6.07) is 0.198. The van der Waals surface area contributed by atoms with E-state index >= 15 is 0 Å². The van der Waals surface area contributed by atoms with Crippen LogP contribution < -0.4 is 5.32 Å². The highest BCUT2D eigenvalue weighted by atomic mass is 16.5. The zero-order chi connectivity index (χ0) is 16.4. The van der Waals surface area contributed by atoms with Crippen LogP contribution in [0.1, 0.15) is 37.4 Å². The maximum Gasteiger partial charge on any atom is 0.231 e. The number of carbonyl (C=O) groups is 1. The first-order chi connectivity index (χ1) is 11.8. The van der Waals surface area contributed by atoms with Gasteiger partial charge in [0.25, 0.3) is 0 Å². The van der Waals surface area contributed by atoms with Crippen molar-refractivity contribution in [2.75, 3.05) is 13.2 Å². The van der Waals surface area contributed by atoms with Crippen LogP contribution in [0.2, 0.25) is 0 Å². The van der Waals surface area contributed by atoms with Crippen molar-refractivity contribution in [1.29, 1.82) is 0 Å². The van der Waals surface area contributed by atoms with E-state index < -0.39 is 0 Å². The lowest BCUT2D eigenvalue weighted by molar-refractivity contribution is -0.124. The molecule has 2 aromatic rings. The van der Waals surface area contributed by atoms with Gasteiger partial charge in [-0.2, -0.15) is 0 Å². The molecule has 1 amide bonds. The molecule has 2 aliphatic rings. The zero-order valence-electron chi connectivity index (χ0n) is 13.4. The highest BCUT2D eigenvalue weighted by molar-refractivity contribution is 5.83. The smallest absolute Gasteiger partial charge is 0.231 e. The second kappa shape index (κ2) is 6.64. The van der Waals surface area contributed by atoms with E-state index in [2.05, 4.69) is 25.5 Å². The van der Waals surface area contributed by atoms with E-state index in [1.807, 2.05) is 4.57 Å². The molecule has 0 radical (unpaired) electrons. The maximum atomic E-state index is 12.7. The Labute approximate surface area is 139 Å². The van der Waals surface area contributed by atoms with Crippen molar-refractivity contribution in [2.45, 2.75) is 44.2 Å². The summed E-state index contributed by atoms with van der Waals surface area (Å²) in [5.74, 6) is 1.20. The van der Waals surface area contributed by atoms with Gasteiger partial charge in [-0.1, -0.05) is 0 Å². The van der Waals surface area contributed by atoms with Crippen LogP contribution in [-0.4, -0.2) is 49.9 Å². The average Bonchev–Trinajstić information content (AvgIpc) is 3.07. The van der Waals surface area contributed by atoms with E-state index in [-0.39, 0.29) is 17.9 Å². The molecule has 8 heteroatoms. The lowest BCUT2D eigenvalue weighted by atomic mass is 9.96. The van der Waals surface area contributed by atoms with Crippen molar-refractivity contribution in [1.82, 2.24) is 30.0 Å². The van der Waals surface area contributed by atoms with Crippen molar-refractivity contribution in [3.05, 3.63) is 24.4 Å². The van der Waals surface area contributed by atoms with Gasteiger partial charge < -0.3 is 14.6 Å². The summed E-state index contributed by atoms with van der Waals surface area (Å²) >= 11 is 0. The van der Waals surface area contributed by atoms with Crippen LogP contribution in [0.5, 0.6) is 0 Å². The Morgan fingerprint density at radius 3 is 2.88 bits per heavy atom. The van der Waals surface area contributed by atoms with Crippen LogP contribution in [-0.2, 0) is 16.1 Å². The van der Waals surface area contributed by atoms with E-state index in [4.69, 9.17) is 4.74 Å². The van der Waals surface area contributed by atoms with E-state index in [0.29, 0.717) is 24.7 Å². The molecular formula is C16H20N6O2. The molecule has 1 N–H and O–H groups in total. The van der Waals surface area contributed by atoms with Crippen LogP contribution >= 0.6 is 0 Å². The second-order valence-corrected chi connectivity index (χ2v) is 6.21. The first kappa shape index (κ1) is 15.2. The minimum Gasteiger partial charge on any atom is -0.381 e. The van der Waals surface area contributed by atoms with Crippen LogP contribution in [0.3, 0.4) is 0 Å². The Hall–Kier alpha value is -2.35. The lowest BCUT2D eigenvalue weighted by Gasteiger charge is -2.27. The van der Waals surface area contributed by atoms with Crippen molar-refractivity contribution < 1.29 is 9.53 Å². The predicted octanol–water partition coefficient (Wildman–Crippen LogP) is 0.908. The Kier molecular flexibility index (Phi) is 4.20. The van der Waals surface area contributed by atoms with Crippen molar-refractivity contribution in [3.63, 3.8) is 0 Å². The number of hydrogen-bond donors (Lipinski definition) is 1. The summed E-state index contributed by atoms with van der Waals surface area (Å²) in [4.78, 5) is 21.1. The molecule has 24 heavy (non-hydrogen) atoms. The van der Waals surface area contributed by atoms with Gasteiger partial charge in [-0.25, -0.2) is 4.98 Å². The van der Waals surface area contributed by atoms with Crippen molar-refractivity contribution in [3.8, 4) is 11.5 Å². The van der Waals surface area contributed by atoms with E-state index in [9.17, 15) is 4.79 Å². The molecule has 4 rings (SSSR count). The number of carbonyl (C=O) groups excluding carboxylic acids is 1. The topological polar surface area (TPSA) is 94.8 Å². The normalized spacial score (nSPS) is 21.2. The van der Waals surface area contributed by atoms with Gasteiger partial charge in [0.2, 0.25) is 5.91 Å². The number of nitrogens with zero attached hydrogens (tertiary/aromatic N) is 5. The van der Waals surface area contributed by atoms with Gasteiger partial charge in [-0.15, -0.1) is 10.2 Å². The number of nitrogens with one attached hydrogen (secondary N) is 1. The molecule has 0 aromatic carbocycles. The fourth-order valence-corrected chi connectivity index (χ4v) is 3.37. The molecule has 0 bridgehead atoms. The first-order valence-electron chi connectivity index (χ1n) is 8.40. The Balaban J connectivity index is 1.55. The van der Waals surface area contributed by atoms with Crippen LogP contribution in [0.25, 0.3) is 11.5 Å². The number of amides is 1. The molecule has 0 aliphatic carbocycles. The number of rotatable bonds is 3. The largest absolute Gasteiger partial charge is 0.381 e. The molecule has 8 nitrogen and oxygen atoms in total. The summed E-state index contributed by atoms with van der Waals surface area (Å²) in [7, 11) is 0. The zero-order valence-corrected chi connectivity index (χ0v) is 13.4. The van der Waals surface area contributed by atoms with Crippen LogP contribution in [0.4, 0.5) is 0 Å². The van der Waals surface area contributed by atoms with E-state index in [0.717, 1.165) is 38.1 Å². The number of hydrogen-bond acceptors (Lipinski definition) is 6. The van der Waals surface area contributed by atoms with Crippen molar-refractivity contribution >= 4 is 5.91 Å². The van der Waals surface area contributed by atoms with Gasteiger partial charge in [0.1, 0.15) is 11.5 Å². The second-order valence-electron chi connectivity index (χ2n) is 6.21. The molecule has 126 valence electrons. The number of aromatic nitrogens is 5. The van der Waals surface area contributed by atoms with Gasteiger partial charge in [0.15, 0.2) is 5.82 Å². The predicted molar refractivity (Wildman–Crippen MR) is 85.0 cm³/mol. The average molecular weight is 328 g/mol. The van der Waals surface area contributed by atoms with Gasteiger partial charge in [0.05, 0.1) is 12.1 Å². The van der Waals surface area contributed by atoms with Crippen LogP contribution in [0.15, 0.2) is 18.6 Å². The first-order valence-corrected chi connectivity index (χ1v) is 8.40. The molecule has 2 aromatic heterocycles. The third-order valence-electron chi connectivity index (χ3n) is 4.64. The molecule has 1 fully saturated rings. The molecule has 1 saturated heterocycles. The summed E-state index contributed by atoms with van der Waals surface area (Å²) in [5, 5.41) is 11.7. The maximum absolute atomic E-state index is 12.7. The van der Waals surface area contributed by atoms with Gasteiger partial charge >= 0.3 is 0 Å². The van der Waals surface area contributed by atoms with Gasteiger partial charge in [-0.05, 0) is 25.7 Å². The minimum atomic E-state index is -0.250. The molecule has 0 spiro atoms. The van der Waals surface area contributed by atoms with E-state index in [1.54, 1.807) is 18.6 Å². The molecule has 2 aliphatic heterocycles. The molecular weight excluding hydrogens is 308 g/mol. The Morgan fingerprint density at radius 2 is 2.08 bits per heavy atom. The summed E-state index contributed by atoms with van der Waals surface area (Å²) < 4.78 is 7.35. The highest BCUT2D eigenvalue weighted by Crippen LogP contribution is 2.29. The summed E-state index contributed by atoms with van der Waals surface area (Å²) in [6.45, 7) is 2.22. The fraction of sp³-hybridized carbons (Fsp3) is 0.562. The summed E-state index contributed by atoms with van der Waals surface area (Å²) in [5.41, 5.74) is 0.682. The molecule has 0 saturated carbocycles. The molecule has 4 heterocycles. The quantitative estimate of drug-likeness (QED) is 0.900. The third-order valence-corrected chi connectivity index (χ3v) is 4.64. The standard InChI is InChI=1S/C16H20N6O2/c23-16(19-11-3-8-24-9-4-11)12-2-1-7-22-14(12)20-21-15(22)13-10-17-5-6-18-13/h5-6,10-12H,1-4,7-9H2,(H,19,23). The molecule has 1 atom stereocenters. The minimum absolute atomic E-state index is 0.0425.